The molecular weight excluding hydrogens is 252 g/mol. The maximum absolute atomic E-state index is 12.1. The highest BCUT2D eigenvalue weighted by molar-refractivity contribution is 5.95. The first-order chi connectivity index (χ1) is 9.00. The lowest BCUT2D eigenvalue weighted by molar-refractivity contribution is -0.385. The summed E-state index contributed by atoms with van der Waals surface area (Å²) in [5.41, 5.74) is 0.356. The van der Waals surface area contributed by atoms with Gasteiger partial charge < -0.3 is 4.90 Å². The Hall–Kier alpha value is -2.71. The minimum Gasteiger partial charge on any atom is -0.334 e. The number of aryl methyl sites for hydroxylation is 1. The number of H-pyrrole nitrogens is 1. The van der Waals surface area contributed by atoms with Crippen molar-refractivity contribution in [1.82, 2.24) is 24.9 Å². The van der Waals surface area contributed by atoms with Crippen LogP contribution in [0.15, 0.2) is 18.5 Å². The normalized spacial score (nSPS) is 10.4. The SMILES string of the molecule is CN(Cc1ccnn1C)C(=O)c1[nH]ncc1[N+](=O)[O-]. The molecule has 1 amide bonds. The first-order valence-electron chi connectivity index (χ1n) is 5.40. The average molecular weight is 264 g/mol. The molecule has 2 heterocycles. The lowest BCUT2D eigenvalue weighted by atomic mass is 10.3. The van der Waals surface area contributed by atoms with Crippen LogP contribution in [0.5, 0.6) is 0 Å². The zero-order valence-corrected chi connectivity index (χ0v) is 10.4. The summed E-state index contributed by atoms with van der Waals surface area (Å²) in [6.07, 6.45) is 2.64. The van der Waals surface area contributed by atoms with Crippen molar-refractivity contribution in [1.29, 1.82) is 0 Å². The summed E-state index contributed by atoms with van der Waals surface area (Å²) in [7, 11) is 3.31. The van der Waals surface area contributed by atoms with Gasteiger partial charge in [0, 0.05) is 20.3 Å². The highest BCUT2D eigenvalue weighted by atomic mass is 16.6. The van der Waals surface area contributed by atoms with E-state index in [4.69, 9.17) is 0 Å². The summed E-state index contributed by atoms with van der Waals surface area (Å²) in [5.74, 6) is -0.495. The zero-order chi connectivity index (χ0) is 14.0. The predicted octanol–water partition coefficient (Wildman–Crippen LogP) is 0.324. The maximum Gasteiger partial charge on any atom is 0.319 e. The van der Waals surface area contributed by atoms with Gasteiger partial charge in [-0.3, -0.25) is 24.7 Å². The van der Waals surface area contributed by atoms with Crippen molar-refractivity contribution in [3.63, 3.8) is 0 Å². The highest BCUT2D eigenvalue weighted by Crippen LogP contribution is 2.16. The summed E-state index contributed by atoms with van der Waals surface area (Å²) in [6.45, 7) is 0.297. The van der Waals surface area contributed by atoms with Gasteiger partial charge in [0.2, 0.25) is 5.69 Å². The van der Waals surface area contributed by atoms with Crippen LogP contribution in [0.3, 0.4) is 0 Å². The number of aromatic nitrogens is 4. The van der Waals surface area contributed by atoms with Crippen LogP contribution in [0.4, 0.5) is 5.69 Å². The molecule has 0 saturated heterocycles. The second kappa shape index (κ2) is 4.88. The molecule has 0 aliphatic heterocycles. The van der Waals surface area contributed by atoms with Crippen molar-refractivity contribution in [2.24, 2.45) is 7.05 Å². The van der Waals surface area contributed by atoms with E-state index in [2.05, 4.69) is 15.3 Å². The van der Waals surface area contributed by atoms with Crippen molar-refractivity contribution in [3.8, 4) is 0 Å². The zero-order valence-electron chi connectivity index (χ0n) is 10.4. The Bertz CT molecular complexity index is 616. The number of nitrogens with one attached hydrogen (secondary N) is 1. The number of rotatable bonds is 4. The van der Waals surface area contributed by atoms with Gasteiger partial charge >= 0.3 is 5.69 Å². The molecule has 0 spiro atoms. The van der Waals surface area contributed by atoms with E-state index in [1.54, 1.807) is 31.0 Å². The number of hydrogen-bond acceptors (Lipinski definition) is 5. The molecule has 0 aliphatic rings. The monoisotopic (exact) mass is 264 g/mol. The molecule has 2 aromatic heterocycles. The molecule has 0 bridgehead atoms. The molecule has 0 atom stereocenters. The van der Waals surface area contributed by atoms with Gasteiger partial charge in [0.15, 0.2) is 0 Å². The van der Waals surface area contributed by atoms with Crippen LogP contribution in [0.1, 0.15) is 16.2 Å². The van der Waals surface area contributed by atoms with E-state index in [0.29, 0.717) is 6.54 Å². The molecule has 19 heavy (non-hydrogen) atoms. The number of nitrogens with zero attached hydrogens (tertiary/aromatic N) is 5. The van der Waals surface area contributed by atoms with E-state index < -0.39 is 10.8 Å². The Balaban J connectivity index is 2.17. The van der Waals surface area contributed by atoms with Gasteiger partial charge in [-0.15, -0.1) is 0 Å². The average Bonchev–Trinajstić information content (AvgIpc) is 2.98. The molecule has 9 nitrogen and oxygen atoms in total. The van der Waals surface area contributed by atoms with E-state index >= 15 is 0 Å². The van der Waals surface area contributed by atoms with Crippen LogP contribution in [-0.2, 0) is 13.6 Å². The minimum atomic E-state index is -0.644. The fourth-order valence-electron chi connectivity index (χ4n) is 1.64. The van der Waals surface area contributed by atoms with Gasteiger partial charge in [0.05, 0.1) is 17.2 Å². The molecule has 0 aliphatic carbocycles. The van der Waals surface area contributed by atoms with Gasteiger partial charge in [-0.05, 0) is 6.07 Å². The Labute approximate surface area is 108 Å². The van der Waals surface area contributed by atoms with Gasteiger partial charge in [0.25, 0.3) is 5.91 Å². The molecule has 0 fully saturated rings. The van der Waals surface area contributed by atoms with Gasteiger partial charge in [-0.1, -0.05) is 0 Å². The second-order valence-electron chi connectivity index (χ2n) is 3.99. The Morgan fingerprint density at radius 3 is 2.95 bits per heavy atom. The summed E-state index contributed by atoms with van der Waals surface area (Å²) in [6, 6.07) is 1.77. The van der Waals surface area contributed by atoms with Crippen LogP contribution in [0.2, 0.25) is 0 Å². The van der Waals surface area contributed by atoms with E-state index in [0.717, 1.165) is 11.9 Å². The first kappa shape index (κ1) is 12.7. The Morgan fingerprint density at radius 1 is 1.63 bits per heavy atom. The predicted molar refractivity (Wildman–Crippen MR) is 64.2 cm³/mol. The van der Waals surface area contributed by atoms with E-state index in [9.17, 15) is 14.9 Å². The second-order valence-corrected chi connectivity index (χ2v) is 3.99. The van der Waals surface area contributed by atoms with Crippen LogP contribution < -0.4 is 0 Å². The number of aromatic amines is 1. The van der Waals surface area contributed by atoms with Gasteiger partial charge in [-0.25, -0.2) is 0 Å². The van der Waals surface area contributed by atoms with Crippen molar-refractivity contribution in [3.05, 3.63) is 40.0 Å². The molecular formula is C10H12N6O3. The fourth-order valence-corrected chi connectivity index (χ4v) is 1.64. The molecule has 100 valence electrons. The lowest BCUT2D eigenvalue weighted by Gasteiger charge is -2.15. The molecule has 0 aromatic carbocycles. The Morgan fingerprint density at radius 2 is 2.37 bits per heavy atom. The van der Waals surface area contributed by atoms with Crippen LogP contribution in [-0.4, -0.2) is 42.8 Å². The molecule has 9 heteroatoms. The smallest absolute Gasteiger partial charge is 0.319 e. The molecule has 2 aromatic rings. The number of amides is 1. The summed E-state index contributed by atoms with van der Waals surface area (Å²) >= 11 is 0. The van der Waals surface area contributed by atoms with Crippen molar-refractivity contribution >= 4 is 11.6 Å². The third kappa shape index (κ3) is 2.44. The fraction of sp³-hybridized carbons (Fsp3) is 0.300. The third-order valence-corrected chi connectivity index (χ3v) is 2.70. The third-order valence-electron chi connectivity index (χ3n) is 2.70. The summed E-state index contributed by atoms with van der Waals surface area (Å²) in [4.78, 5) is 23.5. The number of carbonyl (C=O) groups is 1. The largest absolute Gasteiger partial charge is 0.334 e. The minimum absolute atomic E-state index is 0.130. The van der Waals surface area contributed by atoms with E-state index in [1.807, 2.05) is 0 Å². The number of hydrogen-bond donors (Lipinski definition) is 1. The topological polar surface area (TPSA) is 110 Å². The number of nitro groups is 1. The standard InChI is InChI=1S/C10H12N6O3/c1-14(6-7-3-4-12-15(7)2)10(17)9-8(16(18)19)5-11-13-9/h3-5H,6H2,1-2H3,(H,11,13). The van der Waals surface area contributed by atoms with Gasteiger partial charge in [-0.2, -0.15) is 10.2 Å². The Kier molecular flexibility index (Phi) is 3.27. The molecule has 0 saturated carbocycles. The summed E-state index contributed by atoms with van der Waals surface area (Å²) in [5, 5.41) is 20.6. The number of carbonyl (C=O) groups excluding carboxylic acids is 1. The maximum atomic E-state index is 12.1. The van der Waals surface area contributed by atoms with Crippen molar-refractivity contribution < 1.29 is 9.72 Å². The van der Waals surface area contributed by atoms with E-state index in [-0.39, 0.29) is 11.4 Å². The molecule has 0 radical (unpaired) electrons. The van der Waals surface area contributed by atoms with Crippen LogP contribution >= 0.6 is 0 Å². The van der Waals surface area contributed by atoms with E-state index in [1.165, 1.54) is 4.90 Å². The first-order valence-corrected chi connectivity index (χ1v) is 5.40. The highest BCUT2D eigenvalue weighted by Gasteiger charge is 2.25. The summed E-state index contributed by atoms with van der Waals surface area (Å²) < 4.78 is 1.63. The quantitative estimate of drug-likeness (QED) is 0.631. The molecule has 0 unspecified atom stereocenters. The van der Waals surface area contributed by atoms with Crippen molar-refractivity contribution in [2.45, 2.75) is 6.54 Å². The van der Waals surface area contributed by atoms with Crippen LogP contribution in [0.25, 0.3) is 0 Å². The van der Waals surface area contributed by atoms with Crippen molar-refractivity contribution in [2.75, 3.05) is 7.05 Å². The van der Waals surface area contributed by atoms with Crippen LogP contribution in [0, 0.1) is 10.1 Å². The molecule has 1 N–H and O–H groups in total. The molecule has 2 rings (SSSR count). The van der Waals surface area contributed by atoms with Gasteiger partial charge in [0.1, 0.15) is 6.20 Å². The lowest BCUT2D eigenvalue weighted by Crippen LogP contribution is -2.28.